The molecule has 2 aromatic heterocycles. The number of pyridine rings is 2. The lowest BCUT2D eigenvalue weighted by Gasteiger charge is -2.19. The van der Waals surface area contributed by atoms with Gasteiger partial charge in [-0.3, -0.25) is 4.98 Å². The van der Waals surface area contributed by atoms with E-state index in [0.29, 0.717) is 0 Å². The Morgan fingerprint density at radius 3 is 2.43 bits per heavy atom. The normalized spacial score (nSPS) is 11.6. The lowest BCUT2D eigenvalue weighted by Crippen LogP contribution is -2.10. The van der Waals surface area contributed by atoms with Gasteiger partial charge in [0.1, 0.15) is 5.75 Å². The largest absolute Gasteiger partial charge is 0.497 e. The molecule has 4 aromatic rings. The summed E-state index contributed by atoms with van der Waals surface area (Å²) >= 11 is 1.75. The number of fused-ring (bicyclic) bond motifs is 1. The van der Waals surface area contributed by atoms with Crippen LogP contribution >= 0.6 is 11.8 Å². The molecule has 2 heterocycles. The molecule has 0 fully saturated rings. The lowest BCUT2D eigenvalue weighted by atomic mass is 9.87. The van der Waals surface area contributed by atoms with Crippen molar-refractivity contribution in [3.63, 3.8) is 0 Å². The molecule has 0 radical (unpaired) electrons. The van der Waals surface area contributed by atoms with Gasteiger partial charge in [-0.05, 0) is 46.4 Å². The molecule has 3 nitrogen and oxygen atoms in total. The fraction of sp³-hybridized carbons (Fsp3) is 0.231. The number of aromatic nitrogens is 2. The zero-order valence-electron chi connectivity index (χ0n) is 17.8. The molecule has 0 atom stereocenters. The van der Waals surface area contributed by atoms with Crippen molar-refractivity contribution >= 4 is 22.7 Å². The minimum atomic E-state index is 0.170. The van der Waals surface area contributed by atoms with E-state index in [2.05, 4.69) is 68.2 Å². The zero-order valence-corrected chi connectivity index (χ0v) is 18.7. The van der Waals surface area contributed by atoms with E-state index in [4.69, 9.17) is 9.72 Å². The molecule has 0 aliphatic heterocycles. The third kappa shape index (κ3) is 4.49. The number of nitrogens with zero attached hydrogens (tertiary/aromatic N) is 2. The minimum Gasteiger partial charge on any atom is -0.497 e. The van der Waals surface area contributed by atoms with Gasteiger partial charge in [0.2, 0.25) is 0 Å². The molecule has 0 spiro atoms. The van der Waals surface area contributed by atoms with Crippen molar-refractivity contribution in [2.75, 3.05) is 7.11 Å². The number of thioether (sulfide) groups is 1. The summed E-state index contributed by atoms with van der Waals surface area (Å²) in [5, 5.41) is 2.09. The van der Waals surface area contributed by atoms with Crippen LogP contribution in [-0.2, 0) is 11.2 Å². The lowest BCUT2D eigenvalue weighted by molar-refractivity contribution is 0.415. The van der Waals surface area contributed by atoms with Gasteiger partial charge in [0, 0.05) is 35.2 Å². The van der Waals surface area contributed by atoms with E-state index < -0.39 is 0 Å². The monoisotopic (exact) mass is 414 g/mol. The number of rotatable bonds is 5. The van der Waals surface area contributed by atoms with Crippen LogP contribution in [0.25, 0.3) is 22.0 Å². The predicted molar refractivity (Wildman–Crippen MR) is 126 cm³/mol. The van der Waals surface area contributed by atoms with Crippen LogP contribution < -0.4 is 4.74 Å². The second kappa shape index (κ2) is 8.49. The summed E-state index contributed by atoms with van der Waals surface area (Å²) in [7, 11) is 1.68. The van der Waals surface area contributed by atoms with Crippen LogP contribution in [-0.4, -0.2) is 17.1 Å². The van der Waals surface area contributed by atoms with E-state index in [9.17, 15) is 0 Å². The second-order valence-corrected chi connectivity index (χ2v) is 9.36. The van der Waals surface area contributed by atoms with Crippen molar-refractivity contribution in [3.8, 4) is 16.9 Å². The van der Waals surface area contributed by atoms with Gasteiger partial charge in [0.05, 0.1) is 17.7 Å². The van der Waals surface area contributed by atoms with E-state index >= 15 is 0 Å². The van der Waals surface area contributed by atoms with Gasteiger partial charge in [0.15, 0.2) is 0 Å². The van der Waals surface area contributed by atoms with E-state index in [1.807, 2.05) is 24.4 Å². The average Bonchev–Trinajstić information content (AvgIpc) is 2.77. The average molecular weight is 415 g/mol. The first-order valence-corrected chi connectivity index (χ1v) is 11.0. The Balaban J connectivity index is 1.67. The van der Waals surface area contributed by atoms with Crippen LogP contribution in [0.2, 0.25) is 0 Å². The molecule has 0 saturated carbocycles. The SMILES string of the molecule is COc1ccc2c(-c3cccnc3)cc(SCc3ccc(C(C)(C)C)cc3)nc2c1. The van der Waals surface area contributed by atoms with Crippen molar-refractivity contribution in [2.45, 2.75) is 37.0 Å². The van der Waals surface area contributed by atoms with Crippen molar-refractivity contribution < 1.29 is 4.74 Å². The Hall–Kier alpha value is -2.85. The first-order valence-electron chi connectivity index (χ1n) is 10.1. The number of methoxy groups -OCH3 is 1. The second-order valence-electron chi connectivity index (χ2n) is 8.37. The molecule has 4 heteroatoms. The molecule has 0 N–H and O–H groups in total. The number of benzene rings is 2. The molecule has 0 unspecified atom stereocenters. The maximum atomic E-state index is 5.42. The van der Waals surface area contributed by atoms with Crippen molar-refractivity contribution in [3.05, 3.63) is 84.2 Å². The molecule has 0 bridgehead atoms. The molecular weight excluding hydrogens is 388 g/mol. The van der Waals surface area contributed by atoms with Crippen LogP contribution in [0.4, 0.5) is 0 Å². The molecule has 4 rings (SSSR count). The standard InChI is InChI=1S/C26H26N2OS/c1-26(2,3)20-9-7-18(8-10-20)17-30-25-15-23(19-6-5-13-27-16-19)22-12-11-21(29-4)14-24(22)28-25/h5-16H,17H2,1-4H3. The summed E-state index contributed by atoms with van der Waals surface area (Å²) in [6.45, 7) is 6.72. The Labute approximate surface area is 182 Å². The number of hydrogen-bond donors (Lipinski definition) is 0. The fourth-order valence-corrected chi connectivity index (χ4v) is 4.28. The van der Waals surface area contributed by atoms with Crippen LogP contribution in [0, 0.1) is 0 Å². The van der Waals surface area contributed by atoms with Gasteiger partial charge in [-0.1, -0.05) is 51.1 Å². The number of hydrogen-bond acceptors (Lipinski definition) is 4. The predicted octanol–water partition coefficient (Wildman–Crippen LogP) is 6.90. The highest BCUT2D eigenvalue weighted by atomic mass is 32.2. The topological polar surface area (TPSA) is 35.0 Å². The van der Waals surface area contributed by atoms with Crippen LogP contribution in [0.15, 0.2) is 78.1 Å². The third-order valence-corrected chi connectivity index (χ3v) is 6.16. The Bertz CT molecular complexity index is 1150. The van der Waals surface area contributed by atoms with Gasteiger partial charge >= 0.3 is 0 Å². The van der Waals surface area contributed by atoms with Gasteiger partial charge < -0.3 is 4.74 Å². The highest BCUT2D eigenvalue weighted by molar-refractivity contribution is 7.98. The van der Waals surface area contributed by atoms with E-state index in [1.165, 1.54) is 11.1 Å². The molecule has 0 aliphatic rings. The third-order valence-electron chi connectivity index (χ3n) is 5.17. The van der Waals surface area contributed by atoms with Crippen LogP contribution in [0.1, 0.15) is 31.9 Å². The molecule has 2 aromatic carbocycles. The van der Waals surface area contributed by atoms with Gasteiger partial charge in [-0.25, -0.2) is 4.98 Å². The molecule has 30 heavy (non-hydrogen) atoms. The molecular formula is C26H26N2OS. The van der Waals surface area contributed by atoms with E-state index in [-0.39, 0.29) is 5.41 Å². The minimum absolute atomic E-state index is 0.170. The molecule has 0 saturated heterocycles. The highest BCUT2D eigenvalue weighted by Crippen LogP contribution is 2.34. The van der Waals surface area contributed by atoms with Crippen molar-refractivity contribution in [1.29, 1.82) is 0 Å². The highest BCUT2D eigenvalue weighted by Gasteiger charge is 2.13. The zero-order chi connectivity index (χ0) is 21.1. The molecule has 0 aliphatic carbocycles. The fourth-order valence-electron chi connectivity index (χ4n) is 3.40. The van der Waals surface area contributed by atoms with E-state index in [1.54, 1.807) is 25.1 Å². The van der Waals surface area contributed by atoms with Crippen LogP contribution in [0.5, 0.6) is 5.75 Å². The summed E-state index contributed by atoms with van der Waals surface area (Å²) in [5.74, 6) is 1.69. The first kappa shape index (κ1) is 20.4. The maximum absolute atomic E-state index is 5.42. The Morgan fingerprint density at radius 1 is 0.967 bits per heavy atom. The maximum Gasteiger partial charge on any atom is 0.121 e. The molecule has 152 valence electrons. The van der Waals surface area contributed by atoms with Gasteiger partial charge in [-0.15, -0.1) is 11.8 Å². The van der Waals surface area contributed by atoms with Crippen LogP contribution in [0.3, 0.4) is 0 Å². The summed E-state index contributed by atoms with van der Waals surface area (Å²) in [4.78, 5) is 9.21. The number of ether oxygens (including phenoxy) is 1. The Kier molecular flexibility index (Phi) is 5.78. The quantitative estimate of drug-likeness (QED) is 0.333. The summed E-state index contributed by atoms with van der Waals surface area (Å²) < 4.78 is 5.42. The summed E-state index contributed by atoms with van der Waals surface area (Å²) in [5.41, 5.74) is 5.98. The molecule has 0 amide bonds. The summed E-state index contributed by atoms with van der Waals surface area (Å²) in [6, 6.07) is 21.2. The first-order chi connectivity index (χ1) is 14.4. The van der Waals surface area contributed by atoms with E-state index in [0.717, 1.165) is 38.6 Å². The smallest absolute Gasteiger partial charge is 0.121 e. The Morgan fingerprint density at radius 2 is 1.77 bits per heavy atom. The van der Waals surface area contributed by atoms with Gasteiger partial charge in [0.25, 0.3) is 0 Å². The van der Waals surface area contributed by atoms with Gasteiger partial charge in [-0.2, -0.15) is 0 Å². The van der Waals surface area contributed by atoms with Crippen molar-refractivity contribution in [2.24, 2.45) is 0 Å². The summed E-state index contributed by atoms with van der Waals surface area (Å²) in [6.07, 6.45) is 3.70. The van der Waals surface area contributed by atoms with Crippen molar-refractivity contribution in [1.82, 2.24) is 9.97 Å².